The number of nitrogens with two attached hydrogens (primary N) is 1. The number of halogens is 1. The van der Waals surface area contributed by atoms with E-state index in [0.717, 1.165) is 21.1 Å². The SMILES string of the molecule is Nc1cnc2cc(Br)ccc2c1NCCCNC(=O)O. The maximum atomic E-state index is 10.3. The Morgan fingerprint density at radius 2 is 2.20 bits per heavy atom. The van der Waals surface area contributed by atoms with E-state index < -0.39 is 6.09 Å². The Hall–Kier alpha value is -2.02. The van der Waals surface area contributed by atoms with Gasteiger partial charge < -0.3 is 21.5 Å². The van der Waals surface area contributed by atoms with Crippen molar-refractivity contribution in [1.82, 2.24) is 10.3 Å². The fourth-order valence-electron chi connectivity index (χ4n) is 1.88. The number of anilines is 2. The third kappa shape index (κ3) is 3.51. The van der Waals surface area contributed by atoms with Crippen molar-refractivity contribution in [2.24, 2.45) is 0 Å². The number of rotatable bonds is 5. The third-order valence-corrected chi connectivity index (χ3v) is 3.29. The van der Waals surface area contributed by atoms with E-state index in [0.29, 0.717) is 25.2 Å². The molecule has 0 unspecified atom stereocenters. The van der Waals surface area contributed by atoms with Crippen LogP contribution in [0.1, 0.15) is 6.42 Å². The van der Waals surface area contributed by atoms with Gasteiger partial charge in [-0.25, -0.2) is 4.79 Å². The molecule has 1 aromatic carbocycles. The van der Waals surface area contributed by atoms with Crippen LogP contribution in [0.2, 0.25) is 0 Å². The second kappa shape index (κ2) is 6.42. The summed E-state index contributed by atoms with van der Waals surface area (Å²) in [4.78, 5) is 14.6. The Kier molecular flexibility index (Phi) is 4.62. The summed E-state index contributed by atoms with van der Waals surface area (Å²) in [5.74, 6) is 0. The van der Waals surface area contributed by atoms with E-state index in [-0.39, 0.29) is 0 Å². The zero-order chi connectivity index (χ0) is 14.5. The summed E-state index contributed by atoms with van der Waals surface area (Å²) < 4.78 is 0.957. The summed E-state index contributed by atoms with van der Waals surface area (Å²) in [6.07, 6.45) is 1.28. The van der Waals surface area contributed by atoms with Gasteiger partial charge in [-0.3, -0.25) is 4.98 Å². The number of aromatic nitrogens is 1. The van der Waals surface area contributed by atoms with Crippen molar-refractivity contribution in [3.05, 3.63) is 28.9 Å². The number of benzene rings is 1. The minimum atomic E-state index is -1.01. The molecular formula is C13H15BrN4O2. The van der Waals surface area contributed by atoms with Crippen LogP contribution < -0.4 is 16.4 Å². The predicted molar refractivity (Wildman–Crippen MR) is 83.0 cm³/mol. The first-order valence-corrected chi connectivity index (χ1v) is 6.91. The molecule has 0 bridgehead atoms. The van der Waals surface area contributed by atoms with E-state index in [1.807, 2.05) is 18.2 Å². The number of amides is 1. The zero-order valence-electron chi connectivity index (χ0n) is 10.7. The van der Waals surface area contributed by atoms with Crippen LogP contribution >= 0.6 is 15.9 Å². The van der Waals surface area contributed by atoms with E-state index in [1.54, 1.807) is 6.20 Å². The normalized spacial score (nSPS) is 10.4. The van der Waals surface area contributed by atoms with E-state index >= 15 is 0 Å². The fraction of sp³-hybridized carbons (Fsp3) is 0.231. The number of nitrogen functional groups attached to an aromatic ring is 1. The van der Waals surface area contributed by atoms with Crippen molar-refractivity contribution in [2.75, 3.05) is 24.1 Å². The van der Waals surface area contributed by atoms with Crippen LogP contribution in [0.15, 0.2) is 28.9 Å². The summed E-state index contributed by atoms with van der Waals surface area (Å²) in [5, 5.41) is 15.0. The molecule has 0 aliphatic heterocycles. The molecule has 2 aromatic rings. The molecule has 20 heavy (non-hydrogen) atoms. The molecule has 0 aliphatic carbocycles. The summed E-state index contributed by atoms with van der Waals surface area (Å²) in [6.45, 7) is 1.02. The molecule has 0 atom stereocenters. The second-order valence-corrected chi connectivity index (χ2v) is 5.18. The number of hydrogen-bond acceptors (Lipinski definition) is 4. The van der Waals surface area contributed by atoms with Gasteiger partial charge in [0, 0.05) is 22.9 Å². The molecule has 5 N–H and O–H groups in total. The lowest BCUT2D eigenvalue weighted by Gasteiger charge is -2.12. The molecule has 0 saturated carbocycles. The van der Waals surface area contributed by atoms with E-state index in [2.05, 4.69) is 31.5 Å². The molecular weight excluding hydrogens is 324 g/mol. The Morgan fingerprint density at radius 1 is 1.40 bits per heavy atom. The van der Waals surface area contributed by atoms with Crippen LogP contribution in [-0.4, -0.2) is 29.3 Å². The maximum Gasteiger partial charge on any atom is 0.404 e. The van der Waals surface area contributed by atoms with E-state index in [4.69, 9.17) is 10.8 Å². The second-order valence-electron chi connectivity index (χ2n) is 4.26. The number of fused-ring (bicyclic) bond motifs is 1. The van der Waals surface area contributed by atoms with Gasteiger partial charge in [-0.15, -0.1) is 0 Å². The molecule has 0 fully saturated rings. The Labute approximate surface area is 124 Å². The van der Waals surface area contributed by atoms with Crippen molar-refractivity contribution >= 4 is 44.3 Å². The van der Waals surface area contributed by atoms with Gasteiger partial charge in [-0.05, 0) is 24.6 Å². The Balaban J connectivity index is 2.08. The lowest BCUT2D eigenvalue weighted by atomic mass is 10.1. The van der Waals surface area contributed by atoms with Crippen LogP contribution in [0, 0.1) is 0 Å². The minimum absolute atomic E-state index is 0.400. The third-order valence-electron chi connectivity index (χ3n) is 2.79. The average Bonchev–Trinajstić information content (AvgIpc) is 2.40. The number of carbonyl (C=O) groups is 1. The van der Waals surface area contributed by atoms with Gasteiger partial charge in [0.05, 0.1) is 23.1 Å². The van der Waals surface area contributed by atoms with Crippen molar-refractivity contribution < 1.29 is 9.90 Å². The lowest BCUT2D eigenvalue weighted by Crippen LogP contribution is -2.23. The van der Waals surface area contributed by atoms with Crippen molar-refractivity contribution in [1.29, 1.82) is 0 Å². The topological polar surface area (TPSA) is 100 Å². The molecule has 2 rings (SSSR count). The van der Waals surface area contributed by atoms with Crippen LogP contribution in [0.4, 0.5) is 16.2 Å². The molecule has 7 heteroatoms. The molecule has 1 aromatic heterocycles. The summed E-state index contributed by atoms with van der Waals surface area (Å²) >= 11 is 3.41. The summed E-state index contributed by atoms with van der Waals surface area (Å²) in [7, 11) is 0. The number of pyridine rings is 1. The smallest absolute Gasteiger partial charge is 0.404 e. The highest BCUT2D eigenvalue weighted by atomic mass is 79.9. The standard InChI is InChI=1S/C13H15BrN4O2/c14-8-2-3-9-11(6-8)18-7-10(15)12(9)16-4-1-5-17-13(19)20/h2-3,6-7,17H,1,4-5,15H2,(H,16,18)(H,19,20). The number of carboxylic acid groups (broad SMARTS) is 1. The Bertz CT molecular complexity index is 633. The summed E-state index contributed by atoms with van der Waals surface area (Å²) in [5.41, 5.74) is 8.19. The molecule has 1 amide bonds. The van der Waals surface area contributed by atoms with Crippen LogP contribution in [-0.2, 0) is 0 Å². The number of nitrogens with zero attached hydrogens (tertiary/aromatic N) is 1. The van der Waals surface area contributed by atoms with Gasteiger partial charge in [-0.2, -0.15) is 0 Å². The first-order valence-electron chi connectivity index (χ1n) is 6.12. The highest BCUT2D eigenvalue weighted by Crippen LogP contribution is 2.29. The van der Waals surface area contributed by atoms with Gasteiger partial charge >= 0.3 is 6.09 Å². The largest absolute Gasteiger partial charge is 0.465 e. The predicted octanol–water partition coefficient (Wildman–Crippen LogP) is 2.65. The van der Waals surface area contributed by atoms with E-state index in [9.17, 15) is 4.79 Å². The van der Waals surface area contributed by atoms with Gasteiger partial charge in [0.1, 0.15) is 0 Å². The van der Waals surface area contributed by atoms with E-state index in [1.165, 1.54) is 0 Å². The number of hydrogen-bond donors (Lipinski definition) is 4. The van der Waals surface area contributed by atoms with Gasteiger partial charge in [-0.1, -0.05) is 15.9 Å². The van der Waals surface area contributed by atoms with Crippen molar-refractivity contribution in [2.45, 2.75) is 6.42 Å². The molecule has 0 spiro atoms. The van der Waals surface area contributed by atoms with Crippen LogP contribution in [0.3, 0.4) is 0 Å². The minimum Gasteiger partial charge on any atom is -0.465 e. The monoisotopic (exact) mass is 338 g/mol. The molecule has 0 saturated heterocycles. The lowest BCUT2D eigenvalue weighted by molar-refractivity contribution is 0.194. The molecule has 6 nitrogen and oxygen atoms in total. The van der Waals surface area contributed by atoms with Crippen LogP contribution in [0.5, 0.6) is 0 Å². The molecule has 106 valence electrons. The maximum absolute atomic E-state index is 10.3. The molecule has 0 radical (unpaired) electrons. The number of nitrogens with one attached hydrogen (secondary N) is 2. The van der Waals surface area contributed by atoms with Gasteiger partial charge in [0.2, 0.25) is 0 Å². The zero-order valence-corrected chi connectivity index (χ0v) is 12.3. The first kappa shape index (κ1) is 14.4. The quantitative estimate of drug-likeness (QED) is 0.628. The van der Waals surface area contributed by atoms with Crippen molar-refractivity contribution in [3.63, 3.8) is 0 Å². The molecule has 0 aliphatic rings. The Morgan fingerprint density at radius 3 is 2.95 bits per heavy atom. The average molecular weight is 339 g/mol. The summed E-state index contributed by atoms with van der Waals surface area (Å²) in [6, 6.07) is 5.80. The molecule has 1 heterocycles. The fourth-order valence-corrected chi connectivity index (χ4v) is 2.23. The first-order chi connectivity index (χ1) is 9.58. The van der Waals surface area contributed by atoms with Gasteiger partial charge in [0.15, 0.2) is 0 Å². The van der Waals surface area contributed by atoms with Crippen molar-refractivity contribution in [3.8, 4) is 0 Å². The van der Waals surface area contributed by atoms with Gasteiger partial charge in [0.25, 0.3) is 0 Å². The highest BCUT2D eigenvalue weighted by Gasteiger charge is 2.06. The highest BCUT2D eigenvalue weighted by molar-refractivity contribution is 9.10. The van der Waals surface area contributed by atoms with Crippen LogP contribution in [0.25, 0.3) is 10.9 Å².